The summed E-state index contributed by atoms with van der Waals surface area (Å²) in [6.45, 7) is 0. The van der Waals surface area contributed by atoms with Crippen LogP contribution in [0.3, 0.4) is 0 Å². The Labute approximate surface area is 152 Å². The van der Waals surface area contributed by atoms with Crippen molar-refractivity contribution in [2.24, 2.45) is 5.73 Å². The number of benzene rings is 2. The number of nitro groups is 1. The number of hydrogen-bond acceptors (Lipinski definition) is 6. The monoisotopic (exact) mass is 367 g/mol. The first-order valence-corrected chi connectivity index (χ1v) is 7.55. The molecule has 27 heavy (non-hydrogen) atoms. The second-order valence-corrected chi connectivity index (χ2v) is 5.32. The van der Waals surface area contributed by atoms with Gasteiger partial charge in [0.05, 0.1) is 4.92 Å². The van der Waals surface area contributed by atoms with Gasteiger partial charge in [0.1, 0.15) is 18.3 Å². The maximum absolute atomic E-state index is 12.4. The summed E-state index contributed by atoms with van der Waals surface area (Å²) < 4.78 is 1.24. The fourth-order valence-corrected chi connectivity index (χ4v) is 2.32. The number of aromatic nitrogens is 3. The Hall–Kier alpha value is -4.28. The highest BCUT2D eigenvalue weighted by Crippen LogP contribution is 2.24. The van der Waals surface area contributed by atoms with E-state index in [4.69, 9.17) is 5.73 Å². The van der Waals surface area contributed by atoms with Gasteiger partial charge in [0, 0.05) is 23.0 Å². The molecule has 0 radical (unpaired) electrons. The molecule has 0 aliphatic heterocycles. The smallest absolute Gasteiger partial charge is 0.316 e. The Bertz CT molecular complexity index is 1000. The molecular weight excluding hydrogens is 354 g/mol. The number of urea groups is 1. The van der Waals surface area contributed by atoms with Gasteiger partial charge in [-0.2, -0.15) is 5.10 Å². The van der Waals surface area contributed by atoms with E-state index < -0.39 is 16.9 Å². The van der Waals surface area contributed by atoms with Gasteiger partial charge in [-0.15, -0.1) is 0 Å². The molecule has 11 heteroatoms. The Kier molecular flexibility index (Phi) is 4.75. The fourth-order valence-electron chi connectivity index (χ4n) is 2.32. The number of anilines is 2. The summed E-state index contributed by atoms with van der Waals surface area (Å²) in [6, 6.07) is 9.54. The van der Waals surface area contributed by atoms with Gasteiger partial charge < -0.3 is 16.4 Å². The van der Waals surface area contributed by atoms with Gasteiger partial charge in [0.2, 0.25) is 0 Å². The molecule has 0 atom stereocenters. The largest absolute Gasteiger partial charge is 0.351 e. The van der Waals surface area contributed by atoms with Gasteiger partial charge in [-0.05, 0) is 36.4 Å². The van der Waals surface area contributed by atoms with E-state index >= 15 is 0 Å². The number of nitrogens with two attached hydrogens (primary N) is 1. The number of carbonyl (C=O) groups is 2. The summed E-state index contributed by atoms with van der Waals surface area (Å²) in [5.41, 5.74) is 5.94. The zero-order valence-corrected chi connectivity index (χ0v) is 13.7. The molecule has 11 nitrogen and oxygen atoms in total. The third-order valence-corrected chi connectivity index (χ3v) is 3.51. The summed E-state index contributed by atoms with van der Waals surface area (Å²) in [6.07, 6.45) is 2.57. The van der Waals surface area contributed by atoms with Crippen LogP contribution >= 0.6 is 0 Å². The van der Waals surface area contributed by atoms with Crippen molar-refractivity contribution in [1.82, 2.24) is 14.8 Å². The van der Waals surface area contributed by atoms with E-state index in [1.807, 2.05) is 0 Å². The molecule has 1 aromatic heterocycles. The van der Waals surface area contributed by atoms with E-state index in [-0.39, 0.29) is 16.9 Å². The molecule has 0 aliphatic rings. The number of rotatable bonds is 5. The van der Waals surface area contributed by atoms with Crippen molar-refractivity contribution in [2.75, 3.05) is 10.6 Å². The molecular formula is C16H13N7O4. The Morgan fingerprint density at radius 3 is 2.30 bits per heavy atom. The first kappa shape index (κ1) is 17.5. The fraction of sp³-hybridized carbons (Fsp3) is 0. The van der Waals surface area contributed by atoms with Crippen LogP contribution in [0.1, 0.15) is 10.4 Å². The average Bonchev–Trinajstić information content (AvgIpc) is 3.17. The van der Waals surface area contributed by atoms with Gasteiger partial charge in [0.25, 0.3) is 11.6 Å². The number of nitro benzene ring substituents is 1. The second-order valence-electron chi connectivity index (χ2n) is 5.32. The molecule has 4 N–H and O–H groups in total. The van der Waals surface area contributed by atoms with Gasteiger partial charge in [-0.1, -0.05) is 0 Å². The van der Waals surface area contributed by atoms with E-state index in [1.165, 1.54) is 29.5 Å². The van der Waals surface area contributed by atoms with E-state index in [0.29, 0.717) is 11.4 Å². The van der Waals surface area contributed by atoms with Crippen molar-refractivity contribution in [3.63, 3.8) is 0 Å². The van der Waals surface area contributed by atoms with E-state index in [0.717, 1.165) is 6.07 Å². The lowest BCUT2D eigenvalue weighted by Crippen LogP contribution is -2.19. The van der Waals surface area contributed by atoms with E-state index in [1.54, 1.807) is 24.3 Å². The molecule has 3 amide bonds. The highest BCUT2D eigenvalue weighted by molar-refractivity contribution is 6.05. The molecule has 0 bridgehead atoms. The standard InChI is InChI=1S/C16H13N7O4/c17-16(25)21-12-4-2-11(3-5-12)20-15(24)10-1-6-13(14(7-10)23(26)27)22-9-18-8-19-22/h1-9H,(H,20,24)(H3,17,21,25). The predicted molar refractivity (Wildman–Crippen MR) is 95.6 cm³/mol. The van der Waals surface area contributed by atoms with Crippen molar-refractivity contribution in [1.29, 1.82) is 0 Å². The van der Waals surface area contributed by atoms with Crippen LogP contribution < -0.4 is 16.4 Å². The van der Waals surface area contributed by atoms with Crippen LogP contribution in [0, 0.1) is 10.1 Å². The van der Waals surface area contributed by atoms with Gasteiger partial charge >= 0.3 is 6.03 Å². The van der Waals surface area contributed by atoms with Gasteiger partial charge in [0.15, 0.2) is 0 Å². The topological polar surface area (TPSA) is 158 Å². The molecule has 2 aromatic carbocycles. The maximum atomic E-state index is 12.4. The van der Waals surface area contributed by atoms with Crippen molar-refractivity contribution >= 4 is 29.0 Å². The van der Waals surface area contributed by atoms with Crippen molar-refractivity contribution in [3.8, 4) is 5.69 Å². The lowest BCUT2D eigenvalue weighted by atomic mass is 10.1. The Morgan fingerprint density at radius 1 is 1.07 bits per heavy atom. The molecule has 0 aliphatic carbocycles. The minimum absolute atomic E-state index is 0.102. The van der Waals surface area contributed by atoms with Crippen LogP contribution in [0.15, 0.2) is 55.1 Å². The molecule has 0 saturated heterocycles. The molecule has 0 unspecified atom stereocenters. The molecule has 136 valence electrons. The van der Waals surface area contributed by atoms with E-state index in [9.17, 15) is 19.7 Å². The quantitative estimate of drug-likeness (QED) is 0.461. The van der Waals surface area contributed by atoms with Gasteiger partial charge in [-0.25, -0.2) is 14.5 Å². The average molecular weight is 367 g/mol. The summed E-state index contributed by atoms with van der Waals surface area (Å²) in [5, 5.41) is 20.2. The number of carbonyl (C=O) groups excluding carboxylic acids is 2. The van der Waals surface area contributed by atoms with Crippen LogP contribution in [0.25, 0.3) is 5.69 Å². The van der Waals surface area contributed by atoms with Crippen LogP contribution in [0.5, 0.6) is 0 Å². The zero-order chi connectivity index (χ0) is 19.4. The number of amides is 3. The summed E-state index contributed by atoms with van der Waals surface area (Å²) >= 11 is 0. The molecule has 3 aromatic rings. The van der Waals surface area contributed by atoms with Crippen molar-refractivity contribution in [2.45, 2.75) is 0 Å². The number of hydrogen-bond donors (Lipinski definition) is 3. The number of primary amides is 1. The van der Waals surface area contributed by atoms with Crippen molar-refractivity contribution < 1.29 is 14.5 Å². The van der Waals surface area contributed by atoms with Gasteiger partial charge in [-0.3, -0.25) is 14.9 Å². The molecule has 3 rings (SSSR count). The van der Waals surface area contributed by atoms with E-state index in [2.05, 4.69) is 20.7 Å². The number of nitrogens with one attached hydrogen (secondary N) is 2. The predicted octanol–water partition coefficient (Wildman–Crippen LogP) is 1.92. The lowest BCUT2D eigenvalue weighted by Gasteiger charge is -2.08. The summed E-state index contributed by atoms with van der Waals surface area (Å²) in [4.78, 5) is 37.7. The highest BCUT2D eigenvalue weighted by atomic mass is 16.6. The second kappa shape index (κ2) is 7.31. The summed E-state index contributed by atoms with van der Waals surface area (Å²) in [7, 11) is 0. The summed E-state index contributed by atoms with van der Waals surface area (Å²) in [5.74, 6) is -0.529. The first-order chi connectivity index (χ1) is 12.9. The highest BCUT2D eigenvalue weighted by Gasteiger charge is 2.19. The molecule has 0 spiro atoms. The first-order valence-electron chi connectivity index (χ1n) is 7.55. The normalized spacial score (nSPS) is 10.2. The van der Waals surface area contributed by atoms with Crippen molar-refractivity contribution in [3.05, 3.63) is 70.8 Å². The Morgan fingerprint density at radius 2 is 1.74 bits per heavy atom. The van der Waals surface area contributed by atoms with Crippen LogP contribution in [0.4, 0.5) is 21.9 Å². The number of nitrogens with zero attached hydrogens (tertiary/aromatic N) is 4. The molecule has 0 fully saturated rings. The third kappa shape index (κ3) is 4.04. The third-order valence-electron chi connectivity index (χ3n) is 3.51. The minimum atomic E-state index is -0.702. The minimum Gasteiger partial charge on any atom is -0.351 e. The van der Waals surface area contributed by atoms with Crippen LogP contribution in [-0.4, -0.2) is 31.6 Å². The van der Waals surface area contributed by atoms with Crippen LogP contribution in [0.2, 0.25) is 0 Å². The zero-order valence-electron chi connectivity index (χ0n) is 13.7. The molecule has 1 heterocycles. The lowest BCUT2D eigenvalue weighted by molar-refractivity contribution is -0.384. The SMILES string of the molecule is NC(=O)Nc1ccc(NC(=O)c2ccc(-n3cncn3)c([N+](=O)[O-])c2)cc1. The van der Waals surface area contributed by atoms with Crippen LogP contribution in [-0.2, 0) is 0 Å². The Balaban J connectivity index is 1.81. The maximum Gasteiger partial charge on any atom is 0.316 e. The molecule has 0 saturated carbocycles.